The Morgan fingerprint density at radius 2 is 2.08 bits per heavy atom. The number of hydrogen-bond donors (Lipinski definition) is 1. The number of pyridine rings is 1. The minimum absolute atomic E-state index is 0.0391. The lowest BCUT2D eigenvalue weighted by molar-refractivity contribution is -0.128. The van der Waals surface area contributed by atoms with Crippen molar-refractivity contribution in [1.29, 1.82) is 5.26 Å². The lowest BCUT2D eigenvalue weighted by Crippen LogP contribution is -2.49. The van der Waals surface area contributed by atoms with Crippen LogP contribution in [0, 0.1) is 11.3 Å². The van der Waals surface area contributed by atoms with E-state index >= 15 is 0 Å². The van der Waals surface area contributed by atoms with E-state index in [1.807, 2.05) is 29.2 Å². The molecule has 0 saturated carbocycles. The van der Waals surface area contributed by atoms with Crippen molar-refractivity contribution in [2.24, 2.45) is 0 Å². The molecule has 0 atom stereocenters. The van der Waals surface area contributed by atoms with Gasteiger partial charge in [0.1, 0.15) is 23.3 Å². The van der Waals surface area contributed by atoms with Crippen LogP contribution in [0.5, 0.6) is 0 Å². The fraction of sp³-hybridized carbons (Fsp3) is 0.312. The summed E-state index contributed by atoms with van der Waals surface area (Å²) in [6.45, 7) is 2.83. The molecule has 0 unspecified atom stereocenters. The summed E-state index contributed by atoms with van der Waals surface area (Å²) in [6.07, 6.45) is 3.15. The number of piperazine rings is 1. The normalized spacial score (nSPS) is 14.2. The maximum atomic E-state index is 12.4. The molecule has 0 radical (unpaired) electrons. The number of carbonyl (C=O) groups excluding carboxylic acids is 1. The van der Waals surface area contributed by atoms with Gasteiger partial charge in [0.15, 0.2) is 5.16 Å². The molecular weight excluding hydrogens is 338 g/mol. The number of carbonyl (C=O) groups is 1. The molecule has 0 bridgehead atoms. The number of nitrogen functional groups attached to an aromatic ring is 1. The Bertz CT molecular complexity index is 785. The number of anilines is 2. The maximum absolute atomic E-state index is 12.4. The lowest BCUT2D eigenvalue weighted by atomic mass is 10.3. The van der Waals surface area contributed by atoms with E-state index in [2.05, 4.69) is 19.9 Å². The van der Waals surface area contributed by atoms with E-state index in [-0.39, 0.29) is 23.0 Å². The molecule has 1 aliphatic heterocycles. The first kappa shape index (κ1) is 17.0. The summed E-state index contributed by atoms with van der Waals surface area (Å²) in [7, 11) is 0. The van der Waals surface area contributed by atoms with E-state index in [1.54, 1.807) is 6.20 Å². The number of nitrogens with two attached hydrogens (primary N) is 1. The van der Waals surface area contributed by atoms with Crippen LogP contribution in [0.25, 0.3) is 0 Å². The van der Waals surface area contributed by atoms with E-state index in [0.29, 0.717) is 18.2 Å². The topological polar surface area (TPSA) is 112 Å². The summed E-state index contributed by atoms with van der Waals surface area (Å²) in [5.41, 5.74) is 5.90. The van der Waals surface area contributed by atoms with Crippen molar-refractivity contribution in [1.82, 2.24) is 19.9 Å². The molecule has 1 amide bonds. The van der Waals surface area contributed by atoms with Crippen LogP contribution >= 0.6 is 11.8 Å². The van der Waals surface area contributed by atoms with Crippen LogP contribution in [0.1, 0.15) is 5.56 Å². The van der Waals surface area contributed by atoms with Gasteiger partial charge < -0.3 is 15.5 Å². The average molecular weight is 355 g/mol. The Kier molecular flexibility index (Phi) is 5.30. The zero-order valence-electron chi connectivity index (χ0n) is 13.5. The fourth-order valence-corrected chi connectivity index (χ4v) is 3.20. The summed E-state index contributed by atoms with van der Waals surface area (Å²) in [6, 6.07) is 7.73. The molecule has 0 spiro atoms. The molecule has 9 heteroatoms. The smallest absolute Gasteiger partial charge is 0.233 e. The van der Waals surface area contributed by atoms with Gasteiger partial charge >= 0.3 is 0 Å². The molecule has 128 valence electrons. The van der Waals surface area contributed by atoms with E-state index in [1.165, 1.54) is 18.0 Å². The largest absolute Gasteiger partial charge is 0.382 e. The quantitative estimate of drug-likeness (QED) is 0.632. The number of thioether (sulfide) groups is 1. The van der Waals surface area contributed by atoms with Gasteiger partial charge in [0.25, 0.3) is 0 Å². The van der Waals surface area contributed by atoms with Crippen LogP contribution in [0.3, 0.4) is 0 Å². The van der Waals surface area contributed by atoms with Gasteiger partial charge in [-0.1, -0.05) is 17.8 Å². The number of rotatable bonds is 4. The molecule has 1 aliphatic rings. The van der Waals surface area contributed by atoms with Crippen molar-refractivity contribution in [2.75, 3.05) is 42.6 Å². The van der Waals surface area contributed by atoms with Gasteiger partial charge in [-0.3, -0.25) is 4.79 Å². The van der Waals surface area contributed by atoms with E-state index in [9.17, 15) is 4.79 Å². The second-order valence-corrected chi connectivity index (χ2v) is 6.35. The molecule has 25 heavy (non-hydrogen) atoms. The van der Waals surface area contributed by atoms with Gasteiger partial charge in [0, 0.05) is 32.4 Å². The minimum atomic E-state index is 0.0391. The van der Waals surface area contributed by atoms with Crippen LogP contribution in [0.4, 0.5) is 11.6 Å². The van der Waals surface area contributed by atoms with Crippen LogP contribution in [-0.4, -0.2) is 57.7 Å². The number of amides is 1. The molecule has 0 aliphatic carbocycles. The van der Waals surface area contributed by atoms with Crippen molar-refractivity contribution in [3.63, 3.8) is 0 Å². The Balaban J connectivity index is 1.50. The summed E-state index contributed by atoms with van der Waals surface area (Å²) in [5, 5.41) is 9.22. The molecular formula is C16H17N7OS. The Morgan fingerprint density at radius 3 is 2.72 bits per heavy atom. The Labute approximate surface area is 149 Å². The molecule has 3 heterocycles. The zero-order valence-corrected chi connectivity index (χ0v) is 14.3. The summed E-state index contributed by atoms with van der Waals surface area (Å²) in [5.74, 6) is 1.36. The number of aromatic nitrogens is 3. The second kappa shape index (κ2) is 7.81. The molecule has 1 fully saturated rings. The highest BCUT2D eigenvalue weighted by atomic mass is 32.2. The summed E-state index contributed by atoms with van der Waals surface area (Å²) < 4.78 is 0. The SMILES string of the molecule is N#Cc1cnc(SCC(=O)N2CCN(c3ccccn3)CC2)nc1N. The van der Waals surface area contributed by atoms with E-state index < -0.39 is 0 Å². The van der Waals surface area contributed by atoms with Crippen LogP contribution in [-0.2, 0) is 4.79 Å². The van der Waals surface area contributed by atoms with Crippen molar-refractivity contribution in [2.45, 2.75) is 5.16 Å². The predicted octanol–water partition coefficient (Wildman–Crippen LogP) is 0.766. The van der Waals surface area contributed by atoms with Gasteiger partial charge in [0.05, 0.1) is 11.9 Å². The molecule has 2 aromatic rings. The minimum Gasteiger partial charge on any atom is -0.382 e. The highest BCUT2D eigenvalue weighted by Gasteiger charge is 2.22. The molecule has 8 nitrogen and oxygen atoms in total. The van der Waals surface area contributed by atoms with Gasteiger partial charge in [0.2, 0.25) is 5.91 Å². The lowest BCUT2D eigenvalue weighted by Gasteiger charge is -2.35. The predicted molar refractivity (Wildman–Crippen MR) is 94.9 cm³/mol. The first-order chi connectivity index (χ1) is 12.2. The highest BCUT2D eigenvalue weighted by Crippen LogP contribution is 2.18. The maximum Gasteiger partial charge on any atom is 0.233 e. The van der Waals surface area contributed by atoms with Crippen LogP contribution in [0.15, 0.2) is 35.7 Å². The van der Waals surface area contributed by atoms with Crippen LogP contribution in [0.2, 0.25) is 0 Å². The first-order valence-corrected chi connectivity index (χ1v) is 8.75. The molecule has 2 N–H and O–H groups in total. The molecule has 3 rings (SSSR count). The molecule has 2 aromatic heterocycles. The third-order valence-corrected chi connectivity index (χ3v) is 4.69. The standard InChI is InChI=1S/C16H17N7OS/c17-9-12-10-20-16(21-15(12)18)25-11-14(24)23-7-5-22(6-8-23)13-3-1-2-4-19-13/h1-4,10H,5-8,11H2,(H2,18,20,21). The van der Waals surface area contributed by atoms with Gasteiger partial charge in [-0.25, -0.2) is 15.0 Å². The number of nitrogens with zero attached hydrogens (tertiary/aromatic N) is 6. The van der Waals surface area contributed by atoms with Crippen molar-refractivity contribution in [3.8, 4) is 6.07 Å². The fourth-order valence-electron chi connectivity index (χ4n) is 2.48. The number of hydrogen-bond acceptors (Lipinski definition) is 8. The summed E-state index contributed by atoms with van der Waals surface area (Å²) >= 11 is 1.22. The van der Waals surface area contributed by atoms with E-state index in [4.69, 9.17) is 11.0 Å². The van der Waals surface area contributed by atoms with Gasteiger partial charge in [-0.2, -0.15) is 5.26 Å². The van der Waals surface area contributed by atoms with Gasteiger partial charge in [-0.05, 0) is 12.1 Å². The monoisotopic (exact) mass is 355 g/mol. The molecule has 0 aromatic carbocycles. The van der Waals surface area contributed by atoms with Gasteiger partial charge in [-0.15, -0.1) is 0 Å². The third kappa shape index (κ3) is 4.16. The van der Waals surface area contributed by atoms with E-state index in [0.717, 1.165) is 18.9 Å². The van der Waals surface area contributed by atoms with Crippen molar-refractivity contribution in [3.05, 3.63) is 36.2 Å². The first-order valence-electron chi connectivity index (χ1n) is 7.76. The Hall–Kier alpha value is -2.86. The summed E-state index contributed by atoms with van der Waals surface area (Å²) in [4.78, 5) is 28.8. The van der Waals surface area contributed by atoms with Crippen LogP contribution < -0.4 is 10.6 Å². The van der Waals surface area contributed by atoms with Crippen molar-refractivity contribution >= 4 is 29.3 Å². The Morgan fingerprint density at radius 1 is 1.28 bits per heavy atom. The number of nitriles is 1. The zero-order chi connectivity index (χ0) is 17.6. The average Bonchev–Trinajstić information content (AvgIpc) is 2.67. The highest BCUT2D eigenvalue weighted by molar-refractivity contribution is 7.99. The molecule has 1 saturated heterocycles. The third-order valence-electron chi connectivity index (χ3n) is 3.85. The second-order valence-electron chi connectivity index (χ2n) is 5.41. The van der Waals surface area contributed by atoms with Crippen molar-refractivity contribution < 1.29 is 4.79 Å².